The van der Waals surface area contributed by atoms with E-state index in [-0.39, 0.29) is 6.04 Å². The van der Waals surface area contributed by atoms with Crippen molar-refractivity contribution in [1.29, 1.82) is 0 Å². The summed E-state index contributed by atoms with van der Waals surface area (Å²) in [6.07, 6.45) is 4.71. The highest BCUT2D eigenvalue weighted by Gasteiger charge is 2.25. The van der Waals surface area contributed by atoms with Gasteiger partial charge in [-0.15, -0.1) is 0 Å². The molecule has 2 aromatic rings. The summed E-state index contributed by atoms with van der Waals surface area (Å²) in [4.78, 5) is 0. The molecule has 6 nitrogen and oxygen atoms in total. The topological polar surface area (TPSA) is 56.9 Å². The molecule has 1 atom stereocenters. The number of nitrogens with zero attached hydrogens (tertiary/aromatic N) is 4. The lowest BCUT2D eigenvalue weighted by atomic mass is 10.0. The zero-order valence-corrected chi connectivity index (χ0v) is 12.8. The van der Waals surface area contributed by atoms with Crippen LogP contribution in [0, 0.1) is 6.92 Å². The van der Waals surface area contributed by atoms with Crippen molar-refractivity contribution in [3.8, 4) is 5.75 Å². The van der Waals surface area contributed by atoms with Gasteiger partial charge in [-0.3, -0.25) is 9.36 Å². The number of nitrogens with one attached hydrogen (secondary N) is 1. The molecule has 0 aliphatic heterocycles. The second-order valence-electron chi connectivity index (χ2n) is 4.85. The average molecular weight is 277 g/mol. The molecule has 2 heterocycles. The van der Waals surface area contributed by atoms with E-state index in [0.717, 1.165) is 35.7 Å². The van der Waals surface area contributed by atoms with Crippen LogP contribution in [0.4, 0.5) is 0 Å². The van der Waals surface area contributed by atoms with E-state index in [4.69, 9.17) is 4.74 Å². The second-order valence-corrected chi connectivity index (χ2v) is 4.85. The van der Waals surface area contributed by atoms with E-state index in [9.17, 15) is 0 Å². The molecule has 0 saturated carbocycles. The maximum Gasteiger partial charge on any atom is 0.161 e. The predicted octanol–water partition coefficient (Wildman–Crippen LogP) is 1.65. The quantitative estimate of drug-likeness (QED) is 0.872. The van der Waals surface area contributed by atoms with Crippen LogP contribution in [0.1, 0.15) is 36.3 Å². The molecule has 0 amide bonds. The minimum atomic E-state index is 0.0210. The number of rotatable bonds is 6. The van der Waals surface area contributed by atoms with Crippen molar-refractivity contribution in [3.05, 3.63) is 29.3 Å². The fourth-order valence-corrected chi connectivity index (χ4v) is 2.45. The molecule has 6 heteroatoms. The average Bonchev–Trinajstić information content (AvgIpc) is 2.99. The lowest BCUT2D eigenvalue weighted by Gasteiger charge is -2.19. The van der Waals surface area contributed by atoms with Crippen LogP contribution in [0.5, 0.6) is 5.75 Å². The number of methoxy groups -OCH3 is 1. The van der Waals surface area contributed by atoms with Gasteiger partial charge in [0.25, 0.3) is 0 Å². The number of aryl methyl sites for hydroxylation is 2. The highest BCUT2D eigenvalue weighted by Crippen LogP contribution is 2.31. The van der Waals surface area contributed by atoms with E-state index < -0.39 is 0 Å². The van der Waals surface area contributed by atoms with Gasteiger partial charge in [0.15, 0.2) is 5.75 Å². The van der Waals surface area contributed by atoms with Crippen molar-refractivity contribution >= 4 is 0 Å². The van der Waals surface area contributed by atoms with Gasteiger partial charge in [0.2, 0.25) is 0 Å². The molecule has 110 valence electrons. The predicted molar refractivity (Wildman–Crippen MR) is 77.9 cm³/mol. The van der Waals surface area contributed by atoms with Crippen LogP contribution in [-0.4, -0.2) is 33.7 Å². The second kappa shape index (κ2) is 6.09. The highest BCUT2D eigenvalue weighted by molar-refractivity contribution is 5.37. The van der Waals surface area contributed by atoms with Gasteiger partial charge in [-0.05, 0) is 20.4 Å². The van der Waals surface area contributed by atoms with Gasteiger partial charge < -0.3 is 10.1 Å². The summed E-state index contributed by atoms with van der Waals surface area (Å²) in [5, 5.41) is 12.1. The van der Waals surface area contributed by atoms with E-state index in [1.54, 1.807) is 13.3 Å². The fourth-order valence-electron chi connectivity index (χ4n) is 2.45. The van der Waals surface area contributed by atoms with E-state index in [0.29, 0.717) is 0 Å². The van der Waals surface area contributed by atoms with Gasteiger partial charge in [-0.25, -0.2) is 0 Å². The SMILES string of the molecule is CCCn1ncc(OC)c1C(NC)c1cnn(C)c1C. The standard InChI is InChI=1S/C14H23N5O/c1-6-7-19-14(12(20-5)9-17-19)13(15-3)11-8-16-18(4)10(11)2/h8-9,13,15H,6-7H2,1-5H3. The Balaban J connectivity index is 2.50. The largest absolute Gasteiger partial charge is 0.493 e. The monoisotopic (exact) mass is 277 g/mol. The number of hydrogen-bond donors (Lipinski definition) is 1. The summed E-state index contributed by atoms with van der Waals surface area (Å²) in [6.45, 7) is 5.08. The fraction of sp³-hybridized carbons (Fsp3) is 0.571. The maximum absolute atomic E-state index is 5.47. The van der Waals surface area contributed by atoms with Crippen molar-refractivity contribution in [2.45, 2.75) is 32.9 Å². The molecule has 0 spiro atoms. The Hall–Kier alpha value is -1.82. The third-order valence-corrected chi connectivity index (χ3v) is 3.65. The Bertz CT molecular complexity index is 572. The lowest BCUT2D eigenvalue weighted by Crippen LogP contribution is -2.23. The minimum absolute atomic E-state index is 0.0210. The van der Waals surface area contributed by atoms with Gasteiger partial charge in [0.1, 0.15) is 5.69 Å². The Labute approximate surface area is 119 Å². The third-order valence-electron chi connectivity index (χ3n) is 3.65. The zero-order chi connectivity index (χ0) is 14.7. The Morgan fingerprint density at radius 3 is 2.60 bits per heavy atom. The van der Waals surface area contributed by atoms with Crippen LogP contribution >= 0.6 is 0 Å². The molecule has 1 N–H and O–H groups in total. The molecule has 2 aromatic heterocycles. The first-order valence-corrected chi connectivity index (χ1v) is 6.89. The van der Waals surface area contributed by atoms with Crippen LogP contribution in [0.15, 0.2) is 12.4 Å². The van der Waals surface area contributed by atoms with Crippen molar-refractivity contribution in [1.82, 2.24) is 24.9 Å². The van der Waals surface area contributed by atoms with Crippen LogP contribution < -0.4 is 10.1 Å². The molecule has 0 aromatic carbocycles. The minimum Gasteiger partial charge on any atom is -0.493 e. The Morgan fingerprint density at radius 2 is 2.10 bits per heavy atom. The van der Waals surface area contributed by atoms with Gasteiger partial charge in [0, 0.05) is 24.8 Å². The molecule has 0 radical (unpaired) electrons. The number of aromatic nitrogens is 4. The first-order chi connectivity index (χ1) is 9.63. The summed E-state index contributed by atoms with van der Waals surface area (Å²) >= 11 is 0. The molecular weight excluding hydrogens is 254 g/mol. The van der Waals surface area contributed by atoms with Crippen molar-refractivity contribution in [3.63, 3.8) is 0 Å². The molecule has 0 fully saturated rings. The molecule has 0 bridgehead atoms. The first kappa shape index (κ1) is 14.6. The molecular formula is C14H23N5O. The van der Waals surface area contributed by atoms with Crippen LogP contribution in [0.2, 0.25) is 0 Å². The molecule has 0 saturated heterocycles. The van der Waals surface area contributed by atoms with Crippen molar-refractivity contribution in [2.75, 3.05) is 14.2 Å². The zero-order valence-electron chi connectivity index (χ0n) is 12.8. The Kier molecular flexibility index (Phi) is 4.44. The summed E-state index contributed by atoms with van der Waals surface area (Å²) < 4.78 is 9.36. The highest BCUT2D eigenvalue weighted by atomic mass is 16.5. The smallest absolute Gasteiger partial charge is 0.161 e. The molecule has 2 rings (SSSR count). The van der Waals surface area contributed by atoms with Gasteiger partial charge >= 0.3 is 0 Å². The summed E-state index contributed by atoms with van der Waals surface area (Å²) in [6, 6.07) is 0.0210. The maximum atomic E-state index is 5.47. The van der Waals surface area contributed by atoms with Crippen LogP contribution in [0.3, 0.4) is 0 Å². The lowest BCUT2D eigenvalue weighted by molar-refractivity contribution is 0.400. The van der Waals surface area contributed by atoms with E-state index >= 15 is 0 Å². The molecule has 1 unspecified atom stereocenters. The molecule has 0 aliphatic carbocycles. The number of ether oxygens (including phenoxy) is 1. The van der Waals surface area contributed by atoms with Crippen LogP contribution in [-0.2, 0) is 13.6 Å². The van der Waals surface area contributed by atoms with Gasteiger partial charge in [-0.1, -0.05) is 6.92 Å². The summed E-state index contributed by atoms with van der Waals surface area (Å²) in [7, 11) is 5.57. The normalized spacial score (nSPS) is 12.7. The first-order valence-electron chi connectivity index (χ1n) is 6.89. The van der Waals surface area contributed by atoms with Gasteiger partial charge in [0.05, 0.1) is 25.5 Å². The van der Waals surface area contributed by atoms with Crippen molar-refractivity contribution < 1.29 is 4.74 Å². The summed E-state index contributed by atoms with van der Waals surface area (Å²) in [5.41, 5.74) is 3.33. The molecule has 0 aliphatic rings. The van der Waals surface area contributed by atoms with Crippen LogP contribution in [0.25, 0.3) is 0 Å². The Morgan fingerprint density at radius 1 is 1.35 bits per heavy atom. The van der Waals surface area contributed by atoms with E-state index in [1.807, 2.05) is 29.7 Å². The summed E-state index contributed by atoms with van der Waals surface area (Å²) in [5.74, 6) is 0.807. The number of hydrogen-bond acceptors (Lipinski definition) is 4. The van der Waals surface area contributed by atoms with Gasteiger partial charge in [-0.2, -0.15) is 10.2 Å². The van der Waals surface area contributed by atoms with Crippen molar-refractivity contribution in [2.24, 2.45) is 7.05 Å². The van der Waals surface area contributed by atoms with E-state index in [2.05, 4.69) is 29.4 Å². The third kappa shape index (κ3) is 2.43. The van der Waals surface area contributed by atoms with E-state index in [1.165, 1.54) is 0 Å². The molecule has 20 heavy (non-hydrogen) atoms.